The molecule has 4 aromatic rings. The highest BCUT2D eigenvalue weighted by molar-refractivity contribution is 6.16. The zero-order chi connectivity index (χ0) is 18.1. The number of pyridine rings is 1. The summed E-state index contributed by atoms with van der Waals surface area (Å²) >= 11 is 0. The molecule has 0 saturated carbocycles. The monoisotopic (exact) mass is 340 g/mol. The lowest BCUT2D eigenvalue weighted by Crippen LogP contribution is -2.31. The molecule has 1 amide bonds. The van der Waals surface area contributed by atoms with E-state index in [2.05, 4.69) is 23.2 Å². The molecule has 3 heteroatoms. The van der Waals surface area contributed by atoms with Crippen molar-refractivity contribution in [3.63, 3.8) is 0 Å². The van der Waals surface area contributed by atoms with Crippen molar-refractivity contribution >= 4 is 33.3 Å². The lowest BCUT2D eigenvalue weighted by Gasteiger charge is -2.23. The van der Waals surface area contributed by atoms with Gasteiger partial charge in [0.2, 0.25) is 0 Å². The summed E-state index contributed by atoms with van der Waals surface area (Å²) in [6, 6.07) is 24.0. The number of nitrogens with zero attached hydrogens (tertiary/aromatic N) is 2. The molecule has 0 N–H and O–H groups in total. The summed E-state index contributed by atoms with van der Waals surface area (Å²) in [4.78, 5) is 19.9. The second-order valence-electron chi connectivity index (χ2n) is 6.38. The van der Waals surface area contributed by atoms with E-state index in [0.29, 0.717) is 12.1 Å². The highest BCUT2D eigenvalue weighted by atomic mass is 16.2. The number of hydrogen-bond acceptors (Lipinski definition) is 2. The van der Waals surface area contributed by atoms with Crippen LogP contribution in [0.15, 0.2) is 72.8 Å². The van der Waals surface area contributed by atoms with Gasteiger partial charge in [-0.05, 0) is 37.4 Å². The molecule has 26 heavy (non-hydrogen) atoms. The zero-order valence-corrected chi connectivity index (χ0v) is 14.9. The minimum Gasteiger partial charge on any atom is -0.308 e. The van der Waals surface area contributed by atoms with E-state index < -0.39 is 0 Å². The largest absolute Gasteiger partial charge is 0.308 e. The molecule has 0 spiro atoms. The number of carbonyl (C=O) groups excluding carboxylic acids is 1. The van der Waals surface area contributed by atoms with Crippen LogP contribution in [0.3, 0.4) is 0 Å². The smallest absolute Gasteiger partial charge is 0.259 e. The van der Waals surface area contributed by atoms with Crippen LogP contribution in [0.1, 0.15) is 23.0 Å². The third-order valence-electron chi connectivity index (χ3n) is 4.69. The summed E-state index contributed by atoms with van der Waals surface area (Å²) < 4.78 is 0. The van der Waals surface area contributed by atoms with Crippen LogP contribution in [-0.4, -0.2) is 17.4 Å². The van der Waals surface area contributed by atoms with Crippen LogP contribution in [0, 0.1) is 6.92 Å². The SMILES string of the molecule is CCN(C(=O)c1cc(C)nc2ccccc12)c1cccc2ccccc12. The van der Waals surface area contributed by atoms with Crippen molar-refractivity contribution < 1.29 is 4.79 Å². The molecular formula is C23H20N2O. The van der Waals surface area contributed by atoms with Crippen molar-refractivity contribution in [2.24, 2.45) is 0 Å². The number of anilines is 1. The molecule has 4 rings (SSSR count). The van der Waals surface area contributed by atoms with Crippen LogP contribution in [0.2, 0.25) is 0 Å². The number of fused-ring (bicyclic) bond motifs is 2. The Balaban J connectivity index is 1.89. The van der Waals surface area contributed by atoms with Crippen molar-refractivity contribution in [3.8, 4) is 0 Å². The second kappa shape index (κ2) is 6.60. The number of hydrogen-bond donors (Lipinski definition) is 0. The molecule has 1 heterocycles. The van der Waals surface area contributed by atoms with Crippen molar-refractivity contribution in [2.75, 3.05) is 11.4 Å². The maximum absolute atomic E-state index is 13.5. The van der Waals surface area contributed by atoms with Gasteiger partial charge in [0.15, 0.2) is 0 Å². The van der Waals surface area contributed by atoms with E-state index >= 15 is 0 Å². The molecular weight excluding hydrogens is 320 g/mol. The van der Waals surface area contributed by atoms with Gasteiger partial charge >= 0.3 is 0 Å². The van der Waals surface area contributed by atoms with Gasteiger partial charge in [-0.1, -0.05) is 54.6 Å². The fourth-order valence-corrected chi connectivity index (χ4v) is 3.50. The molecule has 1 aromatic heterocycles. The Labute approximate surface area is 152 Å². The van der Waals surface area contributed by atoms with Crippen molar-refractivity contribution in [1.29, 1.82) is 0 Å². The van der Waals surface area contributed by atoms with Gasteiger partial charge in [-0.3, -0.25) is 9.78 Å². The highest BCUT2D eigenvalue weighted by Gasteiger charge is 2.20. The highest BCUT2D eigenvalue weighted by Crippen LogP contribution is 2.29. The molecule has 0 saturated heterocycles. The van der Waals surface area contributed by atoms with E-state index in [-0.39, 0.29) is 5.91 Å². The van der Waals surface area contributed by atoms with E-state index in [4.69, 9.17) is 0 Å². The topological polar surface area (TPSA) is 33.2 Å². The molecule has 0 atom stereocenters. The number of carbonyl (C=O) groups is 1. The Kier molecular flexibility index (Phi) is 4.13. The maximum Gasteiger partial charge on any atom is 0.259 e. The Morgan fingerprint density at radius 3 is 2.42 bits per heavy atom. The fraction of sp³-hybridized carbons (Fsp3) is 0.130. The van der Waals surface area contributed by atoms with Gasteiger partial charge in [0.05, 0.1) is 16.8 Å². The average molecular weight is 340 g/mol. The minimum absolute atomic E-state index is 0.00514. The van der Waals surface area contributed by atoms with E-state index in [0.717, 1.165) is 33.1 Å². The lowest BCUT2D eigenvalue weighted by molar-refractivity contribution is 0.0990. The third-order valence-corrected chi connectivity index (χ3v) is 4.69. The fourth-order valence-electron chi connectivity index (χ4n) is 3.50. The number of aromatic nitrogens is 1. The van der Waals surface area contributed by atoms with Crippen LogP contribution in [0.25, 0.3) is 21.7 Å². The van der Waals surface area contributed by atoms with Crippen molar-refractivity contribution in [2.45, 2.75) is 13.8 Å². The first-order valence-electron chi connectivity index (χ1n) is 8.85. The van der Waals surface area contributed by atoms with Crippen LogP contribution in [0.4, 0.5) is 5.69 Å². The standard InChI is InChI=1S/C23H20N2O/c1-3-25(22-14-8-10-17-9-4-5-11-18(17)22)23(26)20-15-16(2)24-21-13-7-6-12-19(20)21/h4-15H,3H2,1-2H3. The van der Waals surface area contributed by atoms with Crippen LogP contribution >= 0.6 is 0 Å². The van der Waals surface area contributed by atoms with Gasteiger partial charge in [-0.25, -0.2) is 0 Å². The Hall–Kier alpha value is -3.20. The molecule has 0 fully saturated rings. The van der Waals surface area contributed by atoms with Crippen molar-refractivity contribution in [3.05, 3.63) is 84.1 Å². The van der Waals surface area contributed by atoms with Gasteiger partial charge in [0, 0.05) is 23.0 Å². The summed E-state index contributed by atoms with van der Waals surface area (Å²) in [5.74, 6) is 0.00514. The summed E-state index contributed by atoms with van der Waals surface area (Å²) in [5, 5.41) is 3.11. The van der Waals surface area contributed by atoms with E-state index in [1.165, 1.54) is 0 Å². The number of para-hydroxylation sites is 1. The summed E-state index contributed by atoms with van der Waals surface area (Å²) in [6.07, 6.45) is 0. The second-order valence-corrected chi connectivity index (χ2v) is 6.38. The normalized spacial score (nSPS) is 11.0. The van der Waals surface area contributed by atoms with Crippen LogP contribution in [0.5, 0.6) is 0 Å². The molecule has 128 valence electrons. The molecule has 0 radical (unpaired) electrons. The minimum atomic E-state index is 0.00514. The molecule has 3 aromatic carbocycles. The number of amides is 1. The zero-order valence-electron chi connectivity index (χ0n) is 14.9. The van der Waals surface area contributed by atoms with Gasteiger partial charge in [0.25, 0.3) is 5.91 Å². The third kappa shape index (κ3) is 2.72. The first-order chi connectivity index (χ1) is 12.7. The molecule has 0 bridgehead atoms. The molecule has 0 aliphatic carbocycles. The Bertz CT molecular complexity index is 1110. The Morgan fingerprint density at radius 1 is 0.923 bits per heavy atom. The molecule has 3 nitrogen and oxygen atoms in total. The summed E-state index contributed by atoms with van der Waals surface area (Å²) in [7, 11) is 0. The number of rotatable bonds is 3. The van der Waals surface area contributed by atoms with Gasteiger partial charge < -0.3 is 4.90 Å². The molecule has 0 unspecified atom stereocenters. The number of aryl methyl sites for hydroxylation is 1. The van der Waals surface area contributed by atoms with Crippen molar-refractivity contribution in [1.82, 2.24) is 4.98 Å². The quantitative estimate of drug-likeness (QED) is 0.503. The summed E-state index contributed by atoms with van der Waals surface area (Å²) in [6.45, 7) is 4.54. The van der Waals surface area contributed by atoms with E-state index in [1.807, 2.05) is 73.3 Å². The van der Waals surface area contributed by atoms with Gasteiger partial charge in [0.1, 0.15) is 0 Å². The predicted octanol–water partition coefficient (Wildman–Crippen LogP) is 5.36. The van der Waals surface area contributed by atoms with Gasteiger partial charge in [-0.2, -0.15) is 0 Å². The van der Waals surface area contributed by atoms with Gasteiger partial charge in [-0.15, -0.1) is 0 Å². The molecule has 0 aliphatic rings. The number of benzene rings is 3. The predicted molar refractivity (Wildman–Crippen MR) is 108 cm³/mol. The lowest BCUT2D eigenvalue weighted by atomic mass is 10.0. The average Bonchev–Trinajstić information content (AvgIpc) is 2.68. The van der Waals surface area contributed by atoms with E-state index in [9.17, 15) is 4.79 Å². The first kappa shape index (κ1) is 16.3. The maximum atomic E-state index is 13.5. The van der Waals surface area contributed by atoms with E-state index in [1.54, 1.807) is 0 Å². The summed E-state index contributed by atoms with van der Waals surface area (Å²) in [5.41, 5.74) is 3.34. The first-order valence-corrected chi connectivity index (χ1v) is 8.85. The molecule has 0 aliphatic heterocycles. The van der Waals surface area contributed by atoms with Crippen LogP contribution in [-0.2, 0) is 0 Å². The Morgan fingerprint density at radius 2 is 1.62 bits per heavy atom. The van der Waals surface area contributed by atoms with Crippen LogP contribution < -0.4 is 4.90 Å².